The summed E-state index contributed by atoms with van der Waals surface area (Å²) >= 11 is 0. The van der Waals surface area contributed by atoms with E-state index in [1.165, 1.54) is 23.8 Å². The number of nitrogens with two attached hydrogens (primary N) is 1. The molecule has 0 saturated carbocycles. The average molecular weight is 250 g/mol. The molecule has 0 aliphatic rings. The third-order valence-corrected chi connectivity index (χ3v) is 3.00. The highest BCUT2D eigenvalue weighted by molar-refractivity contribution is 5.81. The van der Waals surface area contributed by atoms with Gasteiger partial charge in [-0.3, -0.25) is 4.79 Å². The molecule has 0 heterocycles. The smallest absolute Gasteiger partial charge is 0.239 e. The van der Waals surface area contributed by atoms with E-state index in [9.17, 15) is 4.79 Å². The van der Waals surface area contributed by atoms with Crippen molar-refractivity contribution in [3.8, 4) is 0 Å². The van der Waals surface area contributed by atoms with Gasteiger partial charge in [-0.1, -0.05) is 18.2 Å². The first-order valence-corrected chi connectivity index (χ1v) is 6.13. The maximum absolute atomic E-state index is 11.6. The summed E-state index contributed by atoms with van der Waals surface area (Å²) in [4.78, 5) is 11.6. The van der Waals surface area contributed by atoms with Crippen molar-refractivity contribution in [2.75, 3.05) is 20.3 Å². The van der Waals surface area contributed by atoms with E-state index in [1.807, 2.05) is 6.07 Å². The van der Waals surface area contributed by atoms with Crippen molar-refractivity contribution in [1.82, 2.24) is 5.32 Å². The van der Waals surface area contributed by atoms with Gasteiger partial charge in [-0.05, 0) is 37.0 Å². The second-order valence-electron chi connectivity index (χ2n) is 4.47. The standard InChI is InChI=1S/C14H22N2O2/c1-10-5-4-6-11(2)12(10)7-8-16-14(17)13(15)9-18-3/h4-6,13H,7-9,15H2,1-3H3,(H,16,17). The Balaban J connectivity index is 2.44. The van der Waals surface area contributed by atoms with Crippen molar-refractivity contribution >= 4 is 5.91 Å². The second-order valence-corrected chi connectivity index (χ2v) is 4.47. The highest BCUT2D eigenvalue weighted by Crippen LogP contribution is 2.13. The SMILES string of the molecule is COCC(N)C(=O)NCCc1c(C)cccc1C. The van der Waals surface area contributed by atoms with Gasteiger partial charge < -0.3 is 15.8 Å². The molecule has 0 fully saturated rings. The predicted molar refractivity (Wildman–Crippen MR) is 72.5 cm³/mol. The molecule has 1 unspecified atom stereocenters. The predicted octanol–water partition coefficient (Wildman–Crippen LogP) is 0.936. The number of amides is 1. The zero-order valence-electron chi connectivity index (χ0n) is 11.3. The lowest BCUT2D eigenvalue weighted by Gasteiger charge is -2.13. The lowest BCUT2D eigenvalue weighted by Crippen LogP contribution is -2.44. The van der Waals surface area contributed by atoms with Crippen molar-refractivity contribution in [1.29, 1.82) is 0 Å². The number of carbonyl (C=O) groups is 1. The van der Waals surface area contributed by atoms with Crippen LogP contribution in [0.15, 0.2) is 18.2 Å². The van der Waals surface area contributed by atoms with E-state index in [2.05, 4.69) is 31.3 Å². The number of hydrogen-bond acceptors (Lipinski definition) is 3. The van der Waals surface area contributed by atoms with E-state index >= 15 is 0 Å². The molecule has 0 aromatic heterocycles. The Hall–Kier alpha value is -1.39. The third kappa shape index (κ3) is 4.13. The van der Waals surface area contributed by atoms with Crippen LogP contribution in [0.2, 0.25) is 0 Å². The average Bonchev–Trinajstić information content (AvgIpc) is 2.33. The lowest BCUT2D eigenvalue weighted by molar-refractivity contribution is -0.123. The number of aryl methyl sites for hydroxylation is 2. The molecule has 1 aromatic rings. The molecule has 0 spiro atoms. The van der Waals surface area contributed by atoms with Crippen LogP contribution in [0.5, 0.6) is 0 Å². The molecule has 4 nitrogen and oxygen atoms in total. The molecule has 0 aliphatic carbocycles. The fraction of sp³-hybridized carbons (Fsp3) is 0.500. The summed E-state index contributed by atoms with van der Waals surface area (Å²) in [5, 5.41) is 2.83. The Morgan fingerprint density at radius 1 is 1.39 bits per heavy atom. The molecule has 100 valence electrons. The molecule has 1 rings (SSSR count). The summed E-state index contributed by atoms with van der Waals surface area (Å²) < 4.78 is 4.84. The van der Waals surface area contributed by atoms with E-state index in [-0.39, 0.29) is 12.5 Å². The normalized spacial score (nSPS) is 12.2. The van der Waals surface area contributed by atoms with Crippen molar-refractivity contribution in [2.24, 2.45) is 5.73 Å². The lowest BCUT2D eigenvalue weighted by atomic mass is 10.0. The fourth-order valence-electron chi connectivity index (χ4n) is 1.94. The van der Waals surface area contributed by atoms with E-state index in [1.54, 1.807) is 0 Å². The van der Waals surface area contributed by atoms with Crippen molar-refractivity contribution in [3.63, 3.8) is 0 Å². The number of ether oxygens (including phenoxy) is 1. The zero-order chi connectivity index (χ0) is 13.5. The zero-order valence-corrected chi connectivity index (χ0v) is 11.3. The minimum atomic E-state index is -0.590. The second kappa shape index (κ2) is 7.13. The largest absolute Gasteiger partial charge is 0.383 e. The Kier molecular flexibility index (Phi) is 5.82. The molecule has 0 saturated heterocycles. The summed E-state index contributed by atoms with van der Waals surface area (Å²) in [6.45, 7) is 5.01. The van der Waals surface area contributed by atoms with Gasteiger partial charge in [0.2, 0.25) is 5.91 Å². The highest BCUT2D eigenvalue weighted by atomic mass is 16.5. The molecule has 1 amide bonds. The van der Waals surface area contributed by atoms with Gasteiger partial charge in [-0.15, -0.1) is 0 Å². The first kappa shape index (κ1) is 14.7. The number of hydrogen-bond donors (Lipinski definition) is 2. The first-order chi connectivity index (χ1) is 8.56. The molecule has 0 aliphatic heterocycles. The third-order valence-electron chi connectivity index (χ3n) is 3.00. The molecule has 18 heavy (non-hydrogen) atoms. The Morgan fingerprint density at radius 2 is 2.00 bits per heavy atom. The number of methoxy groups -OCH3 is 1. The van der Waals surface area contributed by atoms with Gasteiger partial charge in [0.05, 0.1) is 6.61 Å². The van der Waals surface area contributed by atoms with Gasteiger partial charge in [0.15, 0.2) is 0 Å². The summed E-state index contributed by atoms with van der Waals surface area (Å²) in [7, 11) is 1.53. The van der Waals surface area contributed by atoms with Crippen LogP contribution in [0.3, 0.4) is 0 Å². The molecule has 0 radical (unpaired) electrons. The van der Waals surface area contributed by atoms with E-state index in [0.29, 0.717) is 6.54 Å². The molecular formula is C14H22N2O2. The molecular weight excluding hydrogens is 228 g/mol. The van der Waals surface area contributed by atoms with Crippen molar-refractivity contribution < 1.29 is 9.53 Å². The van der Waals surface area contributed by atoms with Gasteiger partial charge >= 0.3 is 0 Å². The van der Waals surface area contributed by atoms with Crippen LogP contribution in [0.25, 0.3) is 0 Å². The number of carbonyl (C=O) groups excluding carboxylic acids is 1. The molecule has 0 bridgehead atoms. The van der Waals surface area contributed by atoms with E-state index in [4.69, 9.17) is 10.5 Å². The molecule has 4 heteroatoms. The molecule has 1 aromatic carbocycles. The van der Waals surface area contributed by atoms with Gasteiger partial charge in [-0.25, -0.2) is 0 Å². The highest BCUT2D eigenvalue weighted by Gasteiger charge is 2.12. The Bertz CT molecular complexity index is 385. The summed E-state index contributed by atoms with van der Waals surface area (Å²) in [5.74, 6) is -0.164. The number of rotatable bonds is 6. The van der Waals surface area contributed by atoms with Crippen LogP contribution in [0, 0.1) is 13.8 Å². The quantitative estimate of drug-likeness (QED) is 0.789. The minimum absolute atomic E-state index is 0.164. The van der Waals surface area contributed by atoms with Gasteiger partial charge in [0.1, 0.15) is 6.04 Å². The minimum Gasteiger partial charge on any atom is -0.383 e. The van der Waals surface area contributed by atoms with Gasteiger partial charge in [0.25, 0.3) is 0 Å². The van der Waals surface area contributed by atoms with E-state index < -0.39 is 6.04 Å². The van der Waals surface area contributed by atoms with Crippen molar-refractivity contribution in [2.45, 2.75) is 26.3 Å². The van der Waals surface area contributed by atoms with E-state index in [0.717, 1.165) is 6.42 Å². The van der Waals surface area contributed by atoms with Crippen LogP contribution in [-0.2, 0) is 16.0 Å². The first-order valence-electron chi connectivity index (χ1n) is 6.13. The summed E-state index contributed by atoms with van der Waals surface area (Å²) in [5.41, 5.74) is 9.43. The van der Waals surface area contributed by atoms with Crippen LogP contribution >= 0.6 is 0 Å². The Morgan fingerprint density at radius 3 is 2.56 bits per heavy atom. The summed E-state index contributed by atoms with van der Waals surface area (Å²) in [6.07, 6.45) is 0.823. The fourth-order valence-corrected chi connectivity index (χ4v) is 1.94. The maximum Gasteiger partial charge on any atom is 0.239 e. The summed E-state index contributed by atoms with van der Waals surface area (Å²) in [6, 6.07) is 5.62. The molecule has 1 atom stereocenters. The maximum atomic E-state index is 11.6. The van der Waals surface area contributed by atoms with Crippen LogP contribution in [-0.4, -0.2) is 32.2 Å². The monoisotopic (exact) mass is 250 g/mol. The van der Waals surface area contributed by atoms with Crippen LogP contribution in [0.4, 0.5) is 0 Å². The Labute approximate surface area is 109 Å². The van der Waals surface area contributed by atoms with Gasteiger partial charge in [0, 0.05) is 13.7 Å². The number of benzene rings is 1. The van der Waals surface area contributed by atoms with Crippen molar-refractivity contribution in [3.05, 3.63) is 34.9 Å². The van der Waals surface area contributed by atoms with Crippen LogP contribution < -0.4 is 11.1 Å². The molecule has 3 N–H and O–H groups in total. The van der Waals surface area contributed by atoms with Gasteiger partial charge in [-0.2, -0.15) is 0 Å². The topological polar surface area (TPSA) is 64.3 Å². The number of nitrogens with one attached hydrogen (secondary N) is 1. The van der Waals surface area contributed by atoms with Crippen LogP contribution in [0.1, 0.15) is 16.7 Å².